The van der Waals surface area contributed by atoms with Crippen molar-refractivity contribution in [2.75, 3.05) is 6.61 Å². The quantitative estimate of drug-likeness (QED) is 0.712. The van der Waals surface area contributed by atoms with Gasteiger partial charge >= 0.3 is 12.1 Å². The van der Waals surface area contributed by atoms with Gasteiger partial charge in [-0.1, -0.05) is 37.3 Å². The van der Waals surface area contributed by atoms with Gasteiger partial charge < -0.3 is 19.9 Å². The van der Waals surface area contributed by atoms with Crippen LogP contribution in [0, 0.1) is 0 Å². The van der Waals surface area contributed by atoms with Gasteiger partial charge in [0.2, 0.25) is 0 Å². The molecule has 2 unspecified atom stereocenters. The molecule has 140 valence electrons. The van der Waals surface area contributed by atoms with Crippen LogP contribution in [-0.2, 0) is 16.1 Å². The Balaban J connectivity index is 1.95. The number of aromatic nitrogens is 2. The third kappa shape index (κ3) is 5.51. The van der Waals surface area contributed by atoms with Gasteiger partial charge in [0.15, 0.2) is 11.8 Å². The molecule has 1 heterocycles. The second-order valence-corrected chi connectivity index (χ2v) is 5.77. The number of ether oxygens (including phenoxy) is 2. The molecule has 0 radical (unpaired) electrons. The number of carboxylic acid groups (broad SMARTS) is 1. The molecule has 0 saturated heterocycles. The largest absolute Gasteiger partial charge is 0.490 e. The molecule has 0 aliphatic carbocycles. The minimum atomic E-state index is -1.20. The fourth-order valence-corrected chi connectivity index (χ4v) is 2.27. The van der Waals surface area contributed by atoms with Gasteiger partial charge in [-0.05, 0) is 18.9 Å². The van der Waals surface area contributed by atoms with Gasteiger partial charge in [0.05, 0.1) is 25.0 Å². The predicted molar refractivity (Wildman–Crippen MR) is 93.9 cm³/mol. The highest BCUT2D eigenvalue weighted by atomic mass is 16.5. The van der Waals surface area contributed by atoms with Crippen LogP contribution < -0.4 is 10.1 Å². The van der Waals surface area contributed by atoms with Gasteiger partial charge in [-0.2, -0.15) is 5.10 Å². The van der Waals surface area contributed by atoms with E-state index in [1.54, 1.807) is 13.1 Å². The second-order valence-electron chi connectivity index (χ2n) is 5.77. The first-order valence-electron chi connectivity index (χ1n) is 8.38. The standard InChI is InChI=1S/C18H23N3O5/c1-3-9-25-15-10-19-21(11-15)13(2)16(17(22)23)20-18(24)26-12-14-7-5-4-6-8-14/h4-8,10-11,13,16H,3,9,12H2,1-2H3,(H,20,24)(H,22,23). The molecule has 0 aliphatic rings. The molecule has 2 aromatic rings. The van der Waals surface area contributed by atoms with E-state index in [1.807, 2.05) is 37.3 Å². The number of carboxylic acids is 1. The number of alkyl carbamates (subject to hydrolysis) is 1. The van der Waals surface area contributed by atoms with Gasteiger partial charge in [-0.3, -0.25) is 4.68 Å². The van der Waals surface area contributed by atoms with Crippen LogP contribution in [0.1, 0.15) is 31.9 Å². The molecule has 1 amide bonds. The molecule has 26 heavy (non-hydrogen) atoms. The van der Waals surface area contributed by atoms with Crippen molar-refractivity contribution in [3.63, 3.8) is 0 Å². The zero-order valence-corrected chi connectivity index (χ0v) is 14.8. The molecule has 2 rings (SSSR count). The minimum absolute atomic E-state index is 0.0597. The van der Waals surface area contributed by atoms with E-state index >= 15 is 0 Å². The summed E-state index contributed by atoms with van der Waals surface area (Å²) in [6.45, 7) is 4.24. The first-order chi connectivity index (χ1) is 12.5. The number of carbonyl (C=O) groups is 2. The number of benzene rings is 1. The summed E-state index contributed by atoms with van der Waals surface area (Å²) in [5.74, 6) is -0.629. The second kappa shape index (κ2) is 9.45. The number of nitrogens with zero attached hydrogens (tertiary/aromatic N) is 2. The molecule has 0 fully saturated rings. The van der Waals surface area contributed by atoms with Crippen LogP contribution in [-0.4, -0.2) is 39.6 Å². The van der Waals surface area contributed by atoms with Crippen LogP contribution in [0.4, 0.5) is 4.79 Å². The predicted octanol–water partition coefficient (Wildman–Crippen LogP) is 2.61. The summed E-state index contributed by atoms with van der Waals surface area (Å²) < 4.78 is 12.0. The van der Waals surface area contributed by atoms with Crippen molar-refractivity contribution in [1.29, 1.82) is 0 Å². The van der Waals surface area contributed by atoms with E-state index in [0.29, 0.717) is 12.4 Å². The molecule has 2 N–H and O–H groups in total. The highest BCUT2D eigenvalue weighted by Crippen LogP contribution is 2.16. The lowest BCUT2D eigenvalue weighted by atomic mass is 10.1. The van der Waals surface area contributed by atoms with E-state index in [2.05, 4.69) is 10.4 Å². The normalized spacial score (nSPS) is 12.8. The summed E-state index contributed by atoms with van der Waals surface area (Å²) in [7, 11) is 0. The molecular formula is C18H23N3O5. The topological polar surface area (TPSA) is 103 Å². The monoisotopic (exact) mass is 361 g/mol. The van der Waals surface area contributed by atoms with Crippen molar-refractivity contribution in [2.24, 2.45) is 0 Å². The number of amides is 1. The maximum absolute atomic E-state index is 12.0. The average molecular weight is 361 g/mol. The Morgan fingerprint density at radius 1 is 1.31 bits per heavy atom. The molecule has 0 bridgehead atoms. The van der Waals surface area contributed by atoms with Gasteiger partial charge in [0.25, 0.3) is 0 Å². The highest BCUT2D eigenvalue weighted by Gasteiger charge is 2.29. The van der Waals surface area contributed by atoms with Crippen LogP contribution in [0.3, 0.4) is 0 Å². The van der Waals surface area contributed by atoms with Crippen LogP contribution in [0.15, 0.2) is 42.7 Å². The molecule has 1 aromatic heterocycles. The Labute approximate surface area is 151 Å². The lowest BCUT2D eigenvalue weighted by molar-refractivity contribution is -0.140. The van der Waals surface area contributed by atoms with E-state index in [4.69, 9.17) is 9.47 Å². The number of aliphatic carboxylic acids is 1. The summed E-state index contributed by atoms with van der Waals surface area (Å²) >= 11 is 0. The van der Waals surface area contributed by atoms with Gasteiger partial charge in [0.1, 0.15) is 6.61 Å². The fourth-order valence-electron chi connectivity index (χ4n) is 2.27. The maximum Gasteiger partial charge on any atom is 0.408 e. The van der Waals surface area contributed by atoms with Gasteiger partial charge in [-0.15, -0.1) is 0 Å². The number of rotatable bonds is 9. The molecule has 0 saturated carbocycles. The summed E-state index contributed by atoms with van der Waals surface area (Å²) in [6.07, 6.45) is 3.17. The van der Waals surface area contributed by atoms with Crippen molar-refractivity contribution in [1.82, 2.24) is 15.1 Å². The Bertz CT molecular complexity index is 717. The van der Waals surface area contributed by atoms with Gasteiger partial charge in [-0.25, -0.2) is 9.59 Å². The minimum Gasteiger partial charge on any atom is -0.490 e. The Morgan fingerprint density at radius 3 is 2.69 bits per heavy atom. The zero-order chi connectivity index (χ0) is 18.9. The molecule has 0 aliphatic heterocycles. The molecule has 1 aromatic carbocycles. The Morgan fingerprint density at radius 2 is 2.04 bits per heavy atom. The number of hydrogen-bond acceptors (Lipinski definition) is 5. The van der Waals surface area contributed by atoms with Crippen LogP contribution in [0.25, 0.3) is 0 Å². The van der Waals surface area contributed by atoms with Crippen molar-refractivity contribution in [2.45, 2.75) is 39.0 Å². The maximum atomic E-state index is 12.0. The molecule has 2 atom stereocenters. The lowest BCUT2D eigenvalue weighted by Crippen LogP contribution is -2.46. The Hall–Kier alpha value is -3.03. The van der Waals surface area contributed by atoms with Crippen molar-refractivity contribution >= 4 is 12.1 Å². The number of nitrogens with one attached hydrogen (secondary N) is 1. The van der Waals surface area contributed by atoms with Crippen molar-refractivity contribution in [3.05, 3.63) is 48.3 Å². The first kappa shape index (κ1) is 19.3. The van der Waals surface area contributed by atoms with E-state index in [9.17, 15) is 14.7 Å². The third-order valence-corrected chi connectivity index (χ3v) is 3.70. The number of carbonyl (C=O) groups excluding carboxylic acids is 1. The lowest BCUT2D eigenvalue weighted by Gasteiger charge is -2.21. The van der Waals surface area contributed by atoms with E-state index < -0.39 is 24.1 Å². The van der Waals surface area contributed by atoms with Crippen LogP contribution >= 0.6 is 0 Å². The molecule has 0 spiro atoms. The van der Waals surface area contributed by atoms with Crippen molar-refractivity contribution < 1.29 is 24.2 Å². The van der Waals surface area contributed by atoms with E-state index in [0.717, 1.165) is 12.0 Å². The molecule has 8 nitrogen and oxygen atoms in total. The van der Waals surface area contributed by atoms with Crippen LogP contribution in [0.5, 0.6) is 5.75 Å². The van der Waals surface area contributed by atoms with E-state index in [1.165, 1.54) is 10.9 Å². The smallest absolute Gasteiger partial charge is 0.408 e. The molecule has 8 heteroatoms. The highest BCUT2D eigenvalue weighted by molar-refractivity contribution is 5.80. The van der Waals surface area contributed by atoms with Gasteiger partial charge in [0, 0.05) is 0 Å². The number of hydrogen-bond donors (Lipinski definition) is 2. The first-order valence-corrected chi connectivity index (χ1v) is 8.38. The van der Waals surface area contributed by atoms with Crippen LogP contribution in [0.2, 0.25) is 0 Å². The molecular weight excluding hydrogens is 338 g/mol. The Kier molecular flexibility index (Phi) is 7.02. The fraction of sp³-hybridized carbons (Fsp3) is 0.389. The summed E-state index contributed by atoms with van der Waals surface area (Å²) in [5.41, 5.74) is 0.812. The summed E-state index contributed by atoms with van der Waals surface area (Å²) in [4.78, 5) is 23.5. The SMILES string of the molecule is CCCOc1cnn(C(C)C(NC(=O)OCc2ccccc2)C(=O)O)c1. The summed E-state index contributed by atoms with van der Waals surface area (Å²) in [6, 6.07) is 7.31. The van der Waals surface area contributed by atoms with Crippen molar-refractivity contribution in [3.8, 4) is 5.75 Å². The summed E-state index contributed by atoms with van der Waals surface area (Å²) in [5, 5.41) is 15.9. The van der Waals surface area contributed by atoms with E-state index in [-0.39, 0.29) is 6.61 Å². The zero-order valence-electron chi connectivity index (χ0n) is 14.8. The average Bonchev–Trinajstić information content (AvgIpc) is 3.11. The third-order valence-electron chi connectivity index (χ3n) is 3.70.